The Bertz CT molecular complexity index is 692. The highest BCUT2D eigenvalue weighted by atomic mass is 19.4. The summed E-state index contributed by atoms with van der Waals surface area (Å²) in [5.41, 5.74) is -1.34. The van der Waals surface area contributed by atoms with Crippen molar-refractivity contribution in [1.29, 1.82) is 0 Å². The molecule has 150 valence electrons. The maximum absolute atomic E-state index is 13.6. The van der Waals surface area contributed by atoms with Crippen LogP contribution in [0.5, 0.6) is 0 Å². The van der Waals surface area contributed by atoms with Gasteiger partial charge in [0, 0.05) is 5.56 Å². The predicted octanol–water partition coefficient (Wildman–Crippen LogP) is 2.56. The molecule has 26 heavy (non-hydrogen) atoms. The zero-order chi connectivity index (χ0) is 20.5. The topological polar surface area (TPSA) is 73.2 Å². The molecule has 0 aliphatic carbocycles. The molecule has 0 saturated carbocycles. The average molecular weight is 397 g/mol. The number of quaternary nitrogens is 1. The van der Waals surface area contributed by atoms with Gasteiger partial charge in [0.15, 0.2) is 0 Å². The lowest BCUT2D eigenvalue weighted by Gasteiger charge is -2.36. The van der Waals surface area contributed by atoms with Crippen LogP contribution in [0.15, 0.2) is 4.79 Å². The van der Waals surface area contributed by atoms with Crippen molar-refractivity contribution in [2.45, 2.75) is 57.4 Å². The summed E-state index contributed by atoms with van der Waals surface area (Å²) in [6.07, 6.45) is -3.86. The Morgan fingerprint density at radius 1 is 1.19 bits per heavy atom. The molecule has 0 saturated heterocycles. The molecule has 2 N–H and O–H groups in total. The lowest BCUT2D eigenvalue weighted by molar-refractivity contribution is -0.909. The van der Waals surface area contributed by atoms with Gasteiger partial charge in [-0.15, -0.1) is 8.78 Å². The molecule has 1 aromatic rings. The molecule has 0 radical (unpaired) electrons. The van der Waals surface area contributed by atoms with Gasteiger partial charge in [-0.3, -0.25) is 9.78 Å². The number of nitrogens with zero attached hydrogens (tertiary/aromatic N) is 1. The Hall–Kier alpha value is -1.76. The molecule has 5 nitrogen and oxygen atoms in total. The number of H-pyrrole nitrogens is 1. The summed E-state index contributed by atoms with van der Waals surface area (Å²) in [5.74, 6) is -14.8. The summed E-state index contributed by atoms with van der Waals surface area (Å²) in [4.78, 5) is 16.6. The predicted molar refractivity (Wildman–Crippen MR) is 73.0 cm³/mol. The smallest absolute Gasteiger partial charge is 0.467 e. The van der Waals surface area contributed by atoms with Gasteiger partial charge in [0.1, 0.15) is 0 Å². The number of hydroxylamine groups is 1. The van der Waals surface area contributed by atoms with Gasteiger partial charge in [0.05, 0.1) is 5.69 Å². The van der Waals surface area contributed by atoms with E-state index in [0.29, 0.717) is 12.8 Å². The van der Waals surface area contributed by atoms with Gasteiger partial charge >= 0.3 is 30.3 Å². The summed E-state index contributed by atoms with van der Waals surface area (Å²) < 4.78 is 104. The molecule has 0 amide bonds. The third-order valence-corrected chi connectivity index (χ3v) is 3.59. The number of aryl methyl sites for hydroxylation is 1. The van der Waals surface area contributed by atoms with E-state index < -0.39 is 40.9 Å². The highest BCUT2D eigenvalue weighted by Crippen LogP contribution is 2.46. The minimum Gasteiger partial charge on any atom is -0.622 e. The minimum absolute atomic E-state index is 0.00335. The normalized spacial score (nSPS) is 14.8. The first-order valence-electron chi connectivity index (χ1n) is 7.28. The van der Waals surface area contributed by atoms with E-state index in [9.17, 15) is 45.1 Å². The van der Waals surface area contributed by atoms with Crippen LogP contribution in [0.25, 0.3) is 0 Å². The van der Waals surface area contributed by atoms with Gasteiger partial charge in [-0.05, 0) is 19.8 Å². The van der Waals surface area contributed by atoms with Gasteiger partial charge < -0.3 is 5.21 Å². The Morgan fingerprint density at radius 3 is 2.15 bits per heavy atom. The van der Waals surface area contributed by atoms with Crippen molar-refractivity contribution in [3.05, 3.63) is 26.8 Å². The molecule has 0 fully saturated rings. The Labute approximate surface area is 141 Å². The number of hydrogen-bond donors (Lipinski definition) is 2. The zero-order valence-corrected chi connectivity index (χ0v) is 13.5. The first-order chi connectivity index (χ1) is 11.7. The monoisotopic (exact) mass is 397 g/mol. The Balaban J connectivity index is 3.34. The first kappa shape index (κ1) is 22.3. The largest absolute Gasteiger partial charge is 0.622 e. The summed E-state index contributed by atoms with van der Waals surface area (Å²) >= 11 is 0. The van der Waals surface area contributed by atoms with Crippen LogP contribution in [-0.2, 0) is 6.42 Å². The van der Waals surface area contributed by atoms with Crippen molar-refractivity contribution in [2.75, 3.05) is 0 Å². The van der Waals surface area contributed by atoms with Crippen molar-refractivity contribution in [3.8, 4) is 0 Å². The van der Waals surface area contributed by atoms with Gasteiger partial charge in [-0.2, -0.15) is 22.5 Å². The van der Waals surface area contributed by atoms with E-state index in [4.69, 9.17) is 0 Å². The van der Waals surface area contributed by atoms with Crippen LogP contribution in [0.2, 0.25) is 0 Å². The highest BCUT2D eigenvalue weighted by molar-refractivity contribution is 5.21. The van der Waals surface area contributed by atoms with Crippen LogP contribution in [0.4, 0.5) is 41.1 Å². The molecule has 1 aromatic heterocycles. The zero-order valence-electron chi connectivity index (χ0n) is 13.5. The van der Waals surface area contributed by atoms with E-state index >= 15 is 0 Å². The van der Waals surface area contributed by atoms with Crippen molar-refractivity contribution >= 4 is 5.95 Å². The molecule has 0 aromatic carbocycles. The standard InChI is InChI=1S/C13H15F8N3O2/c1-3-4-5-7-6(2)22-10(23-8(7)25)24(26)13(20,21)12(18,19)11(16,17)9(14)15/h9,24H,3-5H2,1-2H3,(H,22,23,25). The fourth-order valence-electron chi connectivity index (χ4n) is 2.00. The van der Waals surface area contributed by atoms with Crippen molar-refractivity contribution < 1.29 is 40.2 Å². The van der Waals surface area contributed by atoms with Gasteiger partial charge in [0.25, 0.3) is 5.56 Å². The Kier molecular flexibility index (Phi) is 6.40. The molecule has 0 bridgehead atoms. The minimum atomic E-state index is -6.71. The summed E-state index contributed by atoms with van der Waals surface area (Å²) in [6, 6.07) is -6.24. The third-order valence-electron chi connectivity index (χ3n) is 3.59. The molecular formula is C13H15F8N3O2. The van der Waals surface area contributed by atoms with Crippen LogP contribution in [0, 0.1) is 12.1 Å². The molecule has 1 rings (SSSR count). The lowest BCUT2D eigenvalue weighted by atomic mass is 10.1. The van der Waals surface area contributed by atoms with Crippen molar-refractivity contribution in [1.82, 2.24) is 9.97 Å². The van der Waals surface area contributed by atoms with E-state index in [1.54, 1.807) is 6.92 Å². The molecular weight excluding hydrogens is 382 g/mol. The van der Waals surface area contributed by atoms with Crippen molar-refractivity contribution in [3.63, 3.8) is 0 Å². The number of hydrogen-bond acceptors (Lipinski definition) is 3. The molecule has 0 aliphatic rings. The summed E-state index contributed by atoms with van der Waals surface area (Å²) in [5, 5.41) is 8.58. The SMILES string of the molecule is CCCCc1c(C)nc([NH+]([O-])C(F)(F)C(F)(F)C(F)(F)C(F)F)[nH]c1=O. The maximum atomic E-state index is 13.6. The molecule has 13 heteroatoms. The van der Waals surface area contributed by atoms with E-state index in [1.165, 1.54) is 4.98 Å². The van der Waals surface area contributed by atoms with E-state index in [2.05, 4.69) is 4.98 Å². The van der Waals surface area contributed by atoms with E-state index in [1.807, 2.05) is 0 Å². The number of aromatic nitrogens is 2. The van der Waals surface area contributed by atoms with E-state index in [0.717, 1.165) is 6.92 Å². The van der Waals surface area contributed by atoms with Crippen LogP contribution in [0.3, 0.4) is 0 Å². The van der Waals surface area contributed by atoms with Gasteiger partial charge in [-0.1, -0.05) is 13.3 Å². The highest BCUT2D eigenvalue weighted by Gasteiger charge is 2.80. The van der Waals surface area contributed by atoms with Crippen LogP contribution in [0.1, 0.15) is 31.0 Å². The first-order valence-corrected chi connectivity index (χ1v) is 7.28. The molecule has 0 spiro atoms. The summed E-state index contributed by atoms with van der Waals surface area (Å²) in [6.45, 7) is 2.90. The number of rotatable bonds is 8. The second kappa shape index (κ2) is 7.47. The molecule has 0 aliphatic heterocycles. The lowest BCUT2D eigenvalue weighted by Crippen LogP contribution is -3.14. The summed E-state index contributed by atoms with van der Waals surface area (Å²) in [7, 11) is 0. The quantitative estimate of drug-likeness (QED) is 0.402. The molecule has 1 unspecified atom stereocenters. The van der Waals surface area contributed by atoms with Crippen LogP contribution >= 0.6 is 0 Å². The molecule has 1 heterocycles. The second-order valence-electron chi connectivity index (χ2n) is 5.48. The number of nitrogens with one attached hydrogen (secondary N) is 2. The number of aromatic amines is 1. The van der Waals surface area contributed by atoms with Crippen LogP contribution < -0.4 is 10.6 Å². The van der Waals surface area contributed by atoms with Crippen LogP contribution in [-0.4, -0.2) is 34.3 Å². The second-order valence-corrected chi connectivity index (χ2v) is 5.48. The number of unbranched alkanes of at least 4 members (excludes halogenated alkanes) is 1. The number of halogens is 8. The number of alkyl halides is 8. The van der Waals surface area contributed by atoms with Crippen molar-refractivity contribution in [2.24, 2.45) is 0 Å². The maximum Gasteiger partial charge on any atom is 0.467 e. The fraction of sp³-hybridized carbons (Fsp3) is 0.692. The fourth-order valence-corrected chi connectivity index (χ4v) is 2.00. The van der Waals surface area contributed by atoms with Gasteiger partial charge in [0.2, 0.25) is 0 Å². The molecule has 1 atom stereocenters. The van der Waals surface area contributed by atoms with E-state index in [-0.39, 0.29) is 17.7 Å². The Morgan fingerprint density at radius 2 is 1.73 bits per heavy atom. The van der Waals surface area contributed by atoms with Gasteiger partial charge in [-0.25, -0.2) is 13.8 Å². The average Bonchev–Trinajstić information content (AvgIpc) is 2.52. The third kappa shape index (κ3) is 3.68.